The van der Waals surface area contributed by atoms with Gasteiger partial charge in [-0.25, -0.2) is 0 Å². The molecule has 2 nitrogen and oxygen atoms in total. The zero-order valence-electron chi connectivity index (χ0n) is 7.31. The van der Waals surface area contributed by atoms with Crippen LogP contribution < -0.4 is 5.73 Å². The second kappa shape index (κ2) is 3.94. The maximum Gasteiger partial charge on any atom is 0.0853 e. The Hall–Kier alpha value is -0.800. The average molecular weight is 192 g/mol. The topological polar surface area (TPSA) is 38.4 Å². The molecule has 1 aromatic rings. The van der Waals surface area contributed by atoms with E-state index >= 15 is 0 Å². The van der Waals surface area contributed by atoms with E-state index in [1.54, 1.807) is 11.8 Å². The highest BCUT2D eigenvalue weighted by Crippen LogP contribution is 2.29. The molecule has 1 unspecified atom stereocenters. The predicted molar refractivity (Wildman–Crippen MR) is 58.1 cm³/mol. The smallest absolute Gasteiger partial charge is 0.0853 e. The molecule has 0 aliphatic carbocycles. The van der Waals surface area contributed by atoms with E-state index < -0.39 is 0 Å². The fourth-order valence-electron chi connectivity index (χ4n) is 1.38. The SMILES string of the molecule is NCC1=NC(c2ccccc2)CS1. The van der Waals surface area contributed by atoms with Gasteiger partial charge >= 0.3 is 0 Å². The number of hydrogen-bond acceptors (Lipinski definition) is 3. The molecule has 1 atom stereocenters. The highest BCUT2D eigenvalue weighted by atomic mass is 32.2. The Morgan fingerprint density at radius 2 is 2.15 bits per heavy atom. The minimum atomic E-state index is 0.324. The highest BCUT2D eigenvalue weighted by Gasteiger charge is 2.17. The van der Waals surface area contributed by atoms with Gasteiger partial charge < -0.3 is 5.73 Å². The van der Waals surface area contributed by atoms with E-state index in [0.717, 1.165) is 10.8 Å². The first-order valence-electron chi connectivity index (χ1n) is 4.34. The molecule has 0 bridgehead atoms. The van der Waals surface area contributed by atoms with Crippen molar-refractivity contribution in [3.05, 3.63) is 35.9 Å². The van der Waals surface area contributed by atoms with E-state index in [-0.39, 0.29) is 0 Å². The molecule has 1 aromatic carbocycles. The number of aliphatic imine (C=N–C) groups is 1. The lowest BCUT2D eigenvalue weighted by atomic mass is 10.1. The quantitative estimate of drug-likeness (QED) is 0.776. The largest absolute Gasteiger partial charge is 0.325 e. The zero-order valence-corrected chi connectivity index (χ0v) is 8.13. The Labute approximate surface area is 82.2 Å². The van der Waals surface area contributed by atoms with Gasteiger partial charge in [-0.3, -0.25) is 4.99 Å². The van der Waals surface area contributed by atoms with Crippen molar-refractivity contribution in [1.29, 1.82) is 0 Å². The van der Waals surface area contributed by atoms with Crippen molar-refractivity contribution < 1.29 is 0 Å². The molecule has 0 saturated heterocycles. The number of nitrogens with two attached hydrogens (primary N) is 1. The third kappa shape index (κ3) is 1.92. The fraction of sp³-hybridized carbons (Fsp3) is 0.300. The summed E-state index contributed by atoms with van der Waals surface area (Å²) in [5.41, 5.74) is 6.81. The molecular formula is C10H12N2S. The van der Waals surface area contributed by atoms with Gasteiger partial charge in [-0.15, -0.1) is 11.8 Å². The summed E-state index contributed by atoms with van der Waals surface area (Å²) in [7, 11) is 0. The van der Waals surface area contributed by atoms with Gasteiger partial charge in [-0.05, 0) is 5.56 Å². The van der Waals surface area contributed by atoms with E-state index in [1.165, 1.54) is 5.56 Å². The Morgan fingerprint density at radius 1 is 1.38 bits per heavy atom. The fourth-order valence-corrected chi connectivity index (χ4v) is 2.32. The highest BCUT2D eigenvalue weighted by molar-refractivity contribution is 8.14. The van der Waals surface area contributed by atoms with Crippen LogP contribution in [-0.4, -0.2) is 17.3 Å². The molecule has 1 heterocycles. The molecule has 1 aliphatic rings. The average Bonchev–Trinajstić information content (AvgIpc) is 2.67. The van der Waals surface area contributed by atoms with Gasteiger partial charge in [-0.1, -0.05) is 30.3 Å². The van der Waals surface area contributed by atoms with Crippen molar-refractivity contribution >= 4 is 16.8 Å². The summed E-state index contributed by atoms with van der Waals surface area (Å²) in [5, 5.41) is 1.08. The van der Waals surface area contributed by atoms with Crippen molar-refractivity contribution in [1.82, 2.24) is 0 Å². The van der Waals surface area contributed by atoms with Crippen LogP contribution in [0.2, 0.25) is 0 Å². The van der Waals surface area contributed by atoms with Crippen LogP contribution in [0.3, 0.4) is 0 Å². The number of nitrogens with zero attached hydrogens (tertiary/aromatic N) is 1. The normalized spacial score (nSPS) is 21.6. The van der Waals surface area contributed by atoms with Crippen molar-refractivity contribution in [3.8, 4) is 0 Å². The van der Waals surface area contributed by atoms with E-state index in [9.17, 15) is 0 Å². The zero-order chi connectivity index (χ0) is 9.10. The molecule has 1 aliphatic heterocycles. The third-order valence-electron chi connectivity index (χ3n) is 2.07. The summed E-state index contributed by atoms with van der Waals surface area (Å²) < 4.78 is 0. The maximum atomic E-state index is 5.52. The summed E-state index contributed by atoms with van der Waals surface area (Å²) >= 11 is 1.77. The van der Waals surface area contributed by atoms with Gasteiger partial charge in [0.1, 0.15) is 0 Å². The standard InChI is InChI=1S/C10H12N2S/c11-6-10-12-9(7-13-10)8-4-2-1-3-5-8/h1-5,9H,6-7,11H2. The molecule has 0 spiro atoms. The second-order valence-electron chi connectivity index (χ2n) is 2.96. The molecule has 2 rings (SSSR count). The van der Waals surface area contributed by atoms with Gasteiger partial charge in [0.05, 0.1) is 11.1 Å². The number of rotatable bonds is 2. The van der Waals surface area contributed by atoms with Gasteiger partial charge in [0.25, 0.3) is 0 Å². The first-order valence-corrected chi connectivity index (χ1v) is 5.33. The minimum absolute atomic E-state index is 0.324. The van der Waals surface area contributed by atoms with E-state index in [4.69, 9.17) is 5.73 Å². The summed E-state index contributed by atoms with van der Waals surface area (Å²) in [6.07, 6.45) is 0. The molecule has 0 aromatic heterocycles. The molecule has 68 valence electrons. The van der Waals surface area contributed by atoms with Crippen LogP contribution in [0.5, 0.6) is 0 Å². The monoisotopic (exact) mass is 192 g/mol. The van der Waals surface area contributed by atoms with Crippen LogP contribution in [0.1, 0.15) is 11.6 Å². The van der Waals surface area contributed by atoms with Crippen LogP contribution in [0.25, 0.3) is 0 Å². The van der Waals surface area contributed by atoms with E-state index in [1.807, 2.05) is 6.07 Å². The molecule has 0 radical (unpaired) electrons. The van der Waals surface area contributed by atoms with Crippen LogP contribution in [-0.2, 0) is 0 Å². The van der Waals surface area contributed by atoms with E-state index in [0.29, 0.717) is 12.6 Å². The first-order chi connectivity index (χ1) is 6.40. The Bertz CT molecular complexity index is 308. The van der Waals surface area contributed by atoms with Crippen molar-refractivity contribution in [2.45, 2.75) is 6.04 Å². The van der Waals surface area contributed by atoms with Crippen LogP contribution in [0.15, 0.2) is 35.3 Å². The molecule has 0 saturated carbocycles. The summed E-state index contributed by atoms with van der Waals surface area (Å²) in [6.45, 7) is 0.577. The summed E-state index contributed by atoms with van der Waals surface area (Å²) in [5.74, 6) is 1.04. The van der Waals surface area contributed by atoms with Crippen LogP contribution in [0, 0.1) is 0 Å². The number of benzene rings is 1. The Morgan fingerprint density at radius 3 is 2.77 bits per heavy atom. The number of hydrogen-bond donors (Lipinski definition) is 1. The lowest BCUT2D eigenvalue weighted by Crippen LogP contribution is -2.07. The Kier molecular flexibility index (Phi) is 2.66. The first kappa shape index (κ1) is 8.78. The summed E-state index contributed by atoms with van der Waals surface area (Å²) in [6, 6.07) is 10.7. The lowest BCUT2D eigenvalue weighted by Gasteiger charge is -2.04. The molecule has 0 amide bonds. The van der Waals surface area contributed by atoms with E-state index in [2.05, 4.69) is 29.3 Å². The van der Waals surface area contributed by atoms with Gasteiger partial charge in [0.2, 0.25) is 0 Å². The van der Waals surface area contributed by atoms with Gasteiger partial charge in [0, 0.05) is 12.3 Å². The maximum absolute atomic E-state index is 5.52. The molecule has 3 heteroatoms. The summed E-state index contributed by atoms with van der Waals surface area (Å²) in [4.78, 5) is 4.53. The van der Waals surface area contributed by atoms with Crippen molar-refractivity contribution in [2.24, 2.45) is 10.7 Å². The van der Waals surface area contributed by atoms with Crippen molar-refractivity contribution in [2.75, 3.05) is 12.3 Å². The predicted octanol–water partition coefficient (Wildman–Crippen LogP) is 1.83. The van der Waals surface area contributed by atoms with Crippen LogP contribution >= 0.6 is 11.8 Å². The van der Waals surface area contributed by atoms with Crippen molar-refractivity contribution in [3.63, 3.8) is 0 Å². The number of thioether (sulfide) groups is 1. The molecular weight excluding hydrogens is 180 g/mol. The molecule has 0 fully saturated rings. The third-order valence-corrected chi connectivity index (χ3v) is 3.15. The minimum Gasteiger partial charge on any atom is -0.325 e. The van der Waals surface area contributed by atoms with Gasteiger partial charge in [0.15, 0.2) is 0 Å². The lowest BCUT2D eigenvalue weighted by molar-refractivity contribution is 0.847. The second-order valence-corrected chi connectivity index (χ2v) is 4.06. The Balaban J connectivity index is 2.16. The molecule has 2 N–H and O–H groups in total. The van der Waals surface area contributed by atoms with Crippen LogP contribution in [0.4, 0.5) is 0 Å². The van der Waals surface area contributed by atoms with Gasteiger partial charge in [-0.2, -0.15) is 0 Å². The molecule has 13 heavy (non-hydrogen) atoms.